The van der Waals surface area contributed by atoms with Crippen LogP contribution in [0.3, 0.4) is 0 Å². The maximum atomic E-state index is 14.4. The smallest absolute Gasteiger partial charge is 0.416 e. The summed E-state index contributed by atoms with van der Waals surface area (Å²) >= 11 is 0. The van der Waals surface area contributed by atoms with Gasteiger partial charge in [0.05, 0.1) is 86.4 Å². The number of hydrogen-bond acceptors (Lipinski definition) is 15. The molecule has 3 aromatic rings. The Balaban J connectivity index is 0.827. The quantitative estimate of drug-likeness (QED) is 0.0372. The Morgan fingerprint density at radius 1 is 0.695 bits per heavy atom. The topological polar surface area (TPSA) is 229 Å². The lowest BCUT2D eigenvalue weighted by Gasteiger charge is -2.33. The molecule has 0 unspecified atom stereocenters. The van der Waals surface area contributed by atoms with Crippen LogP contribution in [0.2, 0.25) is 0 Å². The maximum Gasteiger partial charge on any atom is 0.416 e. The van der Waals surface area contributed by atoms with Gasteiger partial charge in [-0.15, -0.1) is 0 Å². The zero-order chi connectivity index (χ0) is 58.6. The number of ketones is 1. The molecule has 4 fully saturated rings. The minimum Gasteiger partial charge on any atom is -0.493 e. The Morgan fingerprint density at radius 3 is 1.74 bits per heavy atom. The lowest BCUT2D eigenvalue weighted by Crippen LogP contribution is -2.50. The number of methoxy groups -OCH3 is 2. The van der Waals surface area contributed by atoms with E-state index in [2.05, 4.69) is 18.5 Å². The number of rotatable bonds is 24. The van der Waals surface area contributed by atoms with Crippen molar-refractivity contribution in [1.29, 1.82) is 0 Å². The van der Waals surface area contributed by atoms with Crippen LogP contribution in [0.4, 0.5) is 21.0 Å². The average Bonchev–Trinajstić information content (AvgIpc) is 3.47. The Morgan fingerprint density at radius 2 is 1.21 bits per heavy atom. The Labute approximate surface area is 478 Å². The molecule has 4 heterocycles. The SMILES string of the molecule is C=CCOC(=O)C[C@H](C(=O)N[C@@H](C)C(=O)Cc1ccc(COC(=O)N2c3cc(OCCCCCOc4cc5c(cc4OC)C(=O)N4CC6(CC6)C[C@H]4[C@H](C)N5C(=O)OCC=C)c(OC)cc3C(=O)N3CC4(CC4)C[C@H]3[C@@H]2O)cc1)C(C)C. The van der Waals surface area contributed by atoms with Crippen molar-refractivity contribution in [1.82, 2.24) is 15.1 Å². The van der Waals surface area contributed by atoms with Crippen LogP contribution in [-0.2, 0) is 41.6 Å². The number of nitrogens with zero attached hydrogens (tertiary/aromatic N) is 4. The number of nitrogens with one attached hydrogen (secondary N) is 1. The molecule has 20 nitrogen and oxygen atoms in total. The third-order valence-corrected chi connectivity index (χ3v) is 17.2. The summed E-state index contributed by atoms with van der Waals surface area (Å²) in [6, 6.07) is 11.3. The van der Waals surface area contributed by atoms with Crippen molar-refractivity contribution in [3.63, 3.8) is 0 Å². The van der Waals surface area contributed by atoms with Crippen LogP contribution >= 0.6 is 0 Å². The van der Waals surface area contributed by atoms with Gasteiger partial charge >= 0.3 is 18.2 Å². The first-order valence-electron chi connectivity index (χ1n) is 28.5. The van der Waals surface area contributed by atoms with Gasteiger partial charge in [-0.2, -0.15) is 0 Å². The molecular formula is C62H77N5O15. The summed E-state index contributed by atoms with van der Waals surface area (Å²) in [5, 5.41) is 14.9. The molecule has 4 aliphatic heterocycles. The molecule has 6 aliphatic rings. The minimum atomic E-state index is -1.44. The number of esters is 1. The van der Waals surface area contributed by atoms with E-state index in [1.807, 2.05) is 25.7 Å². The molecule has 0 radical (unpaired) electrons. The third kappa shape index (κ3) is 12.6. The second kappa shape index (κ2) is 24.9. The molecular weight excluding hydrogens is 1050 g/mol. The van der Waals surface area contributed by atoms with E-state index in [4.69, 9.17) is 33.2 Å². The normalized spacial score (nSPS) is 21.2. The van der Waals surface area contributed by atoms with E-state index in [1.165, 1.54) is 32.4 Å². The summed E-state index contributed by atoms with van der Waals surface area (Å²) in [7, 11) is 2.97. The molecule has 2 aliphatic carbocycles. The highest BCUT2D eigenvalue weighted by Crippen LogP contribution is 2.58. The molecule has 0 aromatic heterocycles. The number of aliphatic hydroxyl groups is 1. The summed E-state index contributed by atoms with van der Waals surface area (Å²) in [6.07, 6.45) is 7.06. The van der Waals surface area contributed by atoms with Gasteiger partial charge in [-0.1, -0.05) is 63.4 Å². The highest BCUT2D eigenvalue weighted by atomic mass is 16.6. The first-order valence-corrected chi connectivity index (χ1v) is 28.5. The maximum absolute atomic E-state index is 14.4. The first kappa shape index (κ1) is 59.0. The molecule has 440 valence electrons. The van der Waals surface area contributed by atoms with Crippen LogP contribution in [0.5, 0.6) is 23.0 Å². The van der Waals surface area contributed by atoms with Crippen molar-refractivity contribution in [2.45, 2.75) is 135 Å². The van der Waals surface area contributed by atoms with Crippen molar-refractivity contribution >= 4 is 53.0 Å². The van der Waals surface area contributed by atoms with Gasteiger partial charge in [0.25, 0.3) is 11.8 Å². The van der Waals surface area contributed by atoms with Gasteiger partial charge < -0.3 is 53.4 Å². The Bertz CT molecular complexity index is 2950. The van der Waals surface area contributed by atoms with E-state index in [0.717, 1.165) is 37.0 Å². The monoisotopic (exact) mass is 1130 g/mol. The summed E-state index contributed by atoms with van der Waals surface area (Å²) in [5.74, 6) is -1.30. The van der Waals surface area contributed by atoms with Crippen molar-refractivity contribution < 1.29 is 71.8 Å². The molecule has 3 aromatic carbocycles. The molecule has 82 heavy (non-hydrogen) atoms. The van der Waals surface area contributed by atoms with Crippen LogP contribution in [-0.4, -0.2) is 141 Å². The zero-order valence-electron chi connectivity index (χ0n) is 47.9. The summed E-state index contributed by atoms with van der Waals surface area (Å²) in [4.78, 5) is 102. The van der Waals surface area contributed by atoms with Gasteiger partial charge in [0.2, 0.25) is 5.91 Å². The third-order valence-electron chi connectivity index (χ3n) is 17.2. The van der Waals surface area contributed by atoms with Gasteiger partial charge in [0.1, 0.15) is 19.8 Å². The van der Waals surface area contributed by atoms with Crippen LogP contribution in [0.15, 0.2) is 73.8 Å². The number of amides is 5. The molecule has 2 saturated heterocycles. The number of benzene rings is 3. The molecule has 9 rings (SSSR count). The van der Waals surface area contributed by atoms with E-state index in [0.29, 0.717) is 72.6 Å². The second-order valence-corrected chi connectivity index (χ2v) is 23.2. The van der Waals surface area contributed by atoms with Gasteiger partial charge in [-0.25, -0.2) is 14.5 Å². The largest absolute Gasteiger partial charge is 0.493 e. The van der Waals surface area contributed by atoms with Gasteiger partial charge in [-0.3, -0.25) is 28.9 Å². The second-order valence-electron chi connectivity index (χ2n) is 23.2. The van der Waals surface area contributed by atoms with E-state index in [-0.39, 0.29) is 115 Å². The van der Waals surface area contributed by atoms with Gasteiger partial charge in [0, 0.05) is 31.6 Å². The fourth-order valence-corrected chi connectivity index (χ4v) is 12.0. The lowest BCUT2D eigenvalue weighted by molar-refractivity contribution is -0.146. The average molecular weight is 1130 g/mol. The zero-order valence-corrected chi connectivity index (χ0v) is 47.9. The van der Waals surface area contributed by atoms with Crippen molar-refractivity contribution in [2.24, 2.45) is 22.7 Å². The predicted octanol–water partition coefficient (Wildman–Crippen LogP) is 8.34. The molecule has 5 amide bonds. The van der Waals surface area contributed by atoms with E-state index in [1.54, 1.807) is 59.2 Å². The van der Waals surface area contributed by atoms with E-state index < -0.39 is 48.3 Å². The number of anilines is 2. The number of ether oxygens (including phenoxy) is 7. The number of hydrogen-bond donors (Lipinski definition) is 2. The fourth-order valence-electron chi connectivity index (χ4n) is 12.0. The molecule has 6 atom stereocenters. The van der Waals surface area contributed by atoms with Crippen LogP contribution in [0.1, 0.15) is 124 Å². The van der Waals surface area contributed by atoms with Crippen LogP contribution in [0.25, 0.3) is 0 Å². The van der Waals surface area contributed by atoms with E-state index >= 15 is 0 Å². The van der Waals surface area contributed by atoms with Crippen molar-refractivity contribution in [3.8, 4) is 23.0 Å². The highest BCUT2D eigenvalue weighted by molar-refractivity contribution is 6.07. The standard InChI is InChI=1S/C62H77N5O15/c1-9-22-80-54(69)29-42(37(3)4)55(70)63-38(5)49(68)26-40-14-16-41(17-15-40)34-82-60(75)67-46-31-53(51(77-8)28-44(46)57(72)65-36-62(20-21-62)33-48(65)58(67)73)79-25-13-11-12-24-78-52-30-45-43(27-50(52)76-7)56(71)64-35-61(18-19-61)32-47(64)39(6)66(45)59(74)81-23-10-2/h9-10,14-17,27-28,30-31,37-39,42,47-48,58,73H,1-2,11-13,18-26,29,32-36H2,3-8H3,(H,63,70)/t38-,39-,42-,47-,48-,58-/m0/s1. The number of unbranched alkanes of at least 4 members (excludes halogenated alkanes) is 2. The van der Waals surface area contributed by atoms with Gasteiger partial charge in [-0.05, 0) is 112 Å². The van der Waals surface area contributed by atoms with Crippen LogP contribution in [0, 0.1) is 22.7 Å². The molecule has 2 N–H and O–H groups in total. The first-order chi connectivity index (χ1) is 39.3. The van der Waals surface area contributed by atoms with Crippen molar-refractivity contribution in [2.75, 3.05) is 63.5 Å². The van der Waals surface area contributed by atoms with Crippen LogP contribution < -0.4 is 34.1 Å². The number of aliphatic hydroxyl groups excluding tert-OH is 1. The number of fused-ring (bicyclic) bond motifs is 4. The number of carbonyl (C=O) groups excluding carboxylic acids is 7. The molecule has 2 saturated carbocycles. The summed E-state index contributed by atoms with van der Waals surface area (Å²) < 4.78 is 40.6. The lowest BCUT2D eigenvalue weighted by atomic mass is 9.91. The molecule has 0 bridgehead atoms. The number of Topliss-reactive ketones (excluding diaryl/α,β-unsaturated/α-hetero) is 1. The van der Waals surface area contributed by atoms with Crippen molar-refractivity contribution in [3.05, 3.63) is 96.1 Å². The Hall–Kier alpha value is -7.61. The number of carbonyl (C=O) groups is 7. The highest BCUT2D eigenvalue weighted by Gasteiger charge is 2.59. The predicted molar refractivity (Wildman–Crippen MR) is 302 cm³/mol. The molecule has 20 heteroatoms. The minimum absolute atomic E-state index is 0.00901. The van der Waals surface area contributed by atoms with Gasteiger partial charge in [0.15, 0.2) is 35.0 Å². The Kier molecular flexibility index (Phi) is 17.9. The summed E-state index contributed by atoms with van der Waals surface area (Å²) in [6.45, 7) is 15.9. The molecule has 2 spiro atoms. The fraction of sp³-hybridized carbons (Fsp3) is 0.532. The summed E-state index contributed by atoms with van der Waals surface area (Å²) in [5.41, 5.74) is 2.26. The van der Waals surface area contributed by atoms with E-state index in [9.17, 15) is 38.7 Å².